The lowest BCUT2D eigenvalue weighted by molar-refractivity contribution is -0.144. The van der Waals surface area contributed by atoms with Gasteiger partial charge in [-0.15, -0.1) is 0 Å². The maximum absolute atomic E-state index is 14.6. The summed E-state index contributed by atoms with van der Waals surface area (Å²) >= 11 is 0. The second-order valence-corrected chi connectivity index (χ2v) is 23.8. The molecule has 0 saturated carbocycles. The van der Waals surface area contributed by atoms with Gasteiger partial charge in [0, 0.05) is 58.3 Å². The fraction of sp³-hybridized carbons (Fsp3) is 0.600. The minimum atomic E-state index is -4.36. The maximum Gasteiger partial charge on any atom is 0.294 e. The zero-order chi connectivity index (χ0) is 60.8. The van der Waals surface area contributed by atoms with E-state index in [0.29, 0.717) is 70.0 Å². The van der Waals surface area contributed by atoms with Gasteiger partial charge in [0.25, 0.3) is 21.9 Å². The molecule has 2 aromatic rings. The number of amides is 8. The number of nitrogens with zero attached hydrogens (tertiary/aromatic N) is 4. The number of hydrazine groups is 1. The van der Waals surface area contributed by atoms with E-state index in [1.807, 2.05) is 89.9 Å². The molecular formula is C60H90N8O13S. The highest BCUT2D eigenvalue weighted by atomic mass is 32.2. The number of unbranched alkanes of at least 4 members (excludes halogenated alkanes) is 2. The van der Waals surface area contributed by atoms with Crippen molar-refractivity contribution >= 4 is 63.5 Å². The number of rotatable bonds is 33. The first-order valence-electron chi connectivity index (χ1n) is 28.7. The lowest BCUT2D eigenvalue weighted by Gasteiger charge is -2.43. The third-order valence-corrected chi connectivity index (χ3v) is 16.5. The van der Waals surface area contributed by atoms with Gasteiger partial charge in [0.2, 0.25) is 35.4 Å². The van der Waals surface area contributed by atoms with Crippen LogP contribution in [0.25, 0.3) is 6.08 Å². The van der Waals surface area contributed by atoms with Crippen molar-refractivity contribution in [3.63, 3.8) is 0 Å². The van der Waals surface area contributed by atoms with Crippen molar-refractivity contribution < 1.29 is 60.8 Å². The Balaban J connectivity index is 1.37. The largest absolute Gasteiger partial charge is 0.379 e. The van der Waals surface area contributed by atoms with Gasteiger partial charge in [-0.1, -0.05) is 116 Å². The zero-order valence-electron chi connectivity index (χ0n) is 49.8. The van der Waals surface area contributed by atoms with Crippen molar-refractivity contribution in [2.75, 3.05) is 47.9 Å². The van der Waals surface area contributed by atoms with Gasteiger partial charge in [-0.25, -0.2) is 0 Å². The van der Waals surface area contributed by atoms with E-state index in [2.05, 4.69) is 21.5 Å². The summed E-state index contributed by atoms with van der Waals surface area (Å²) in [6.45, 7) is 14.5. The quantitative estimate of drug-likeness (QED) is 0.0269. The van der Waals surface area contributed by atoms with E-state index in [1.165, 1.54) is 31.4 Å². The Kier molecular flexibility index (Phi) is 27.7. The molecule has 1 fully saturated rings. The number of likely N-dealkylation sites (N-methyl/N-ethyl adjacent to an activating group) is 2. The highest BCUT2D eigenvalue weighted by molar-refractivity contribution is 7.85. The Labute approximate surface area is 485 Å². The van der Waals surface area contributed by atoms with Gasteiger partial charge >= 0.3 is 0 Å². The van der Waals surface area contributed by atoms with Crippen LogP contribution in [0.2, 0.25) is 0 Å². The second-order valence-electron chi connectivity index (χ2n) is 22.4. The topological polar surface area (TPSA) is 270 Å². The first kappa shape index (κ1) is 68.3. The summed E-state index contributed by atoms with van der Waals surface area (Å²) in [5.41, 5.74) is 6.48. The van der Waals surface area contributed by atoms with Gasteiger partial charge in [0.15, 0.2) is 0 Å². The van der Waals surface area contributed by atoms with Crippen molar-refractivity contribution in [2.45, 2.75) is 166 Å². The predicted molar refractivity (Wildman–Crippen MR) is 311 cm³/mol. The molecule has 82 heavy (non-hydrogen) atoms. The highest BCUT2D eigenvalue weighted by Gasteiger charge is 2.44. The number of imide groups is 2. The zero-order valence-corrected chi connectivity index (χ0v) is 50.6. The van der Waals surface area contributed by atoms with Crippen LogP contribution in [0, 0.1) is 23.7 Å². The van der Waals surface area contributed by atoms with Crippen LogP contribution in [-0.2, 0) is 64.4 Å². The number of hydrogen-bond donors (Lipinski definition) is 5. The van der Waals surface area contributed by atoms with Gasteiger partial charge in [0.05, 0.1) is 53.6 Å². The van der Waals surface area contributed by atoms with E-state index in [0.717, 1.165) is 10.5 Å². The summed E-state index contributed by atoms with van der Waals surface area (Å²) in [5, 5.41) is 5.87. The van der Waals surface area contributed by atoms with E-state index < -0.39 is 76.2 Å². The molecule has 8 amide bonds. The standard InChI is InChI=1S/C60H90N8O13S/c1-12-41(6)56(66(9)55(40(4)5)60(76)62-59(75)54(39(2)3)65(8)34-20-25-50(70)64-63-49(69)24-17-14-18-35-68-51(71)32-33-52(68)72)48(80-10)38-53(73)67-36-19-23-47(67)57(81-11)42(7)58(74)61-45(37-44-21-15-13-16-22-44)29-26-43-27-30-46(31-28-43)82(77,78)79/h13,15-16,21-22,26-33,39-42,45,47-48,54-57H,12,14,17-20,23-25,34-38H2,1-11H3,(H,61,74)(H,63,69)(H,64,70)(H,62,75,76)(H,77,78,79)/b29-26+/t41-,42+,45+,47-,48+,54-,55-,56-,57+/m0/s1. The molecular weight excluding hydrogens is 1070 g/mol. The van der Waals surface area contributed by atoms with Crippen LogP contribution in [0.1, 0.15) is 124 Å². The highest BCUT2D eigenvalue weighted by Crippen LogP contribution is 2.31. The summed E-state index contributed by atoms with van der Waals surface area (Å²) in [5.74, 6) is -4.17. The molecule has 2 aromatic carbocycles. The van der Waals surface area contributed by atoms with Crippen LogP contribution in [0.3, 0.4) is 0 Å². The average molecular weight is 1160 g/mol. The first-order chi connectivity index (χ1) is 38.8. The minimum absolute atomic E-state index is 0.0262. The third kappa shape index (κ3) is 20.3. The molecule has 2 aliphatic heterocycles. The van der Waals surface area contributed by atoms with Crippen LogP contribution in [0.4, 0.5) is 0 Å². The number of ether oxygens (including phenoxy) is 2. The molecule has 454 valence electrons. The summed E-state index contributed by atoms with van der Waals surface area (Å²) in [4.78, 5) is 112. The number of carbonyl (C=O) groups is 8. The van der Waals surface area contributed by atoms with E-state index in [9.17, 15) is 51.3 Å². The van der Waals surface area contributed by atoms with Crippen molar-refractivity contribution in [2.24, 2.45) is 23.7 Å². The van der Waals surface area contributed by atoms with Crippen LogP contribution < -0.4 is 21.5 Å². The lowest BCUT2D eigenvalue weighted by atomic mass is 9.87. The van der Waals surface area contributed by atoms with Crippen molar-refractivity contribution in [3.8, 4) is 0 Å². The fourth-order valence-corrected chi connectivity index (χ4v) is 11.7. The Morgan fingerprint density at radius 1 is 0.780 bits per heavy atom. The van der Waals surface area contributed by atoms with Gasteiger partial charge in [-0.05, 0) is 100 Å². The molecule has 4 rings (SSSR count). The molecule has 0 radical (unpaired) electrons. The summed E-state index contributed by atoms with van der Waals surface area (Å²) < 4.78 is 44.9. The van der Waals surface area contributed by atoms with Crippen LogP contribution >= 0.6 is 0 Å². The normalized spacial score (nSPS) is 17.7. The predicted octanol–water partition coefficient (Wildman–Crippen LogP) is 5.10. The minimum Gasteiger partial charge on any atom is -0.379 e. The molecule has 22 heteroatoms. The Hall–Kier alpha value is -6.17. The molecule has 0 unspecified atom stereocenters. The number of nitrogens with one attached hydrogen (secondary N) is 4. The lowest BCUT2D eigenvalue weighted by Crippen LogP contribution is -2.60. The number of carbonyl (C=O) groups excluding carboxylic acids is 8. The maximum atomic E-state index is 14.6. The van der Waals surface area contributed by atoms with Gasteiger partial charge in [-0.2, -0.15) is 8.42 Å². The number of likely N-dealkylation sites (tertiary alicyclic amines) is 1. The second kappa shape index (κ2) is 33.2. The fourth-order valence-electron chi connectivity index (χ4n) is 11.2. The molecule has 0 aliphatic carbocycles. The van der Waals surface area contributed by atoms with Crippen molar-refractivity contribution in [1.29, 1.82) is 0 Å². The van der Waals surface area contributed by atoms with E-state index in [1.54, 1.807) is 49.1 Å². The summed E-state index contributed by atoms with van der Waals surface area (Å²) in [6, 6.07) is 12.5. The van der Waals surface area contributed by atoms with Crippen LogP contribution in [0.5, 0.6) is 0 Å². The number of hydrogen-bond acceptors (Lipinski definition) is 14. The van der Waals surface area contributed by atoms with Gasteiger partial charge in [0.1, 0.15) is 0 Å². The number of methoxy groups -OCH3 is 2. The number of benzene rings is 2. The average Bonchev–Trinajstić information content (AvgIpc) is 4.19. The molecule has 0 bridgehead atoms. The van der Waals surface area contributed by atoms with E-state index >= 15 is 0 Å². The molecule has 2 aliphatic rings. The molecule has 21 nitrogen and oxygen atoms in total. The summed E-state index contributed by atoms with van der Waals surface area (Å²) in [6.07, 6.45) is 9.37. The van der Waals surface area contributed by atoms with Gasteiger partial charge in [-0.3, -0.25) is 73.8 Å². The SMILES string of the molecule is CC[C@H](C)[C@@H]([C@@H](CC(=O)N1CCC[C@H]1[C@H](OC)[C@@H](C)C(=O)N[C@H](/C=C/c1ccc(S(=O)(=O)O)cc1)Cc1ccccc1)OC)N(C)[C@H](C(=O)NC(=O)[C@H](C(C)C)N(C)CCCC(=O)NNC(=O)CCCCCN1C(=O)C=CC1=O)C(C)C. The Morgan fingerprint density at radius 2 is 1.38 bits per heavy atom. The molecule has 9 atom stereocenters. The van der Waals surface area contributed by atoms with Crippen molar-refractivity contribution in [3.05, 3.63) is 84.0 Å². The Bertz CT molecular complexity index is 2620. The van der Waals surface area contributed by atoms with Crippen molar-refractivity contribution in [1.82, 2.24) is 41.1 Å². The molecule has 0 aromatic heterocycles. The van der Waals surface area contributed by atoms with E-state index in [4.69, 9.17) is 9.47 Å². The first-order valence-corrected chi connectivity index (χ1v) is 30.1. The van der Waals surface area contributed by atoms with Crippen LogP contribution in [-0.4, -0.2) is 170 Å². The summed E-state index contributed by atoms with van der Waals surface area (Å²) in [7, 11) is 2.30. The smallest absolute Gasteiger partial charge is 0.294 e. The molecule has 0 spiro atoms. The molecule has 5 N–H and O–H groups in total. The van der Waals surface area contributed by atoms with Gasteiger partial charge < -0.3 is 19.7 Å². The van der Waals surface area contributed by atoms with Crippen LogP contribution in [0.15, 0.2) is 77.7 Å². The monoisotopic (exact) mass is 1160 g/mol. The third-order valence-electron chi connectivity index (χ3n) is 15.7. The Morgan fingerprint density at radius 3 is 1.94 bits per heavy atom. The molecule has 2 heterocycles. The molecule has 1 saturated heterocycles. The van der Waals surface area contributed by atoms with E-state index in [-0.39, 0.29) is 78.0 Å².